The summed E-state index contributed by atoms with van der Waals surface area (Å²) in [5, 5.41) is 0. The molecule has 2 aliphatic heterocycles. The summed E-state index contributed by atoms with van der Waals surface area (Å²) in [6.45, 7) is 7.95. The van der Waals surface area contributed by atoms with Crippen LogP contribution >= 0.6 is 0 Å². The number of hydrogen-bond acceptors (Lipinski definition) is 7. The lowest BCUT2D eigenvalue weighted by molar-refractivity contribution is -0.202. The molecular formula is C14H18O7. The van der Waals surface area contributed by atoms with E-state index in [1.807, 2.05) is 0 Å². The van der Waals surface area contributed by atoms with Gasteiger partial charge in [0.2, 0.25) is 6.29 Å². The van der Waals surface area contributed by atoms with Crippen molar-refractivity contribution in [3.05, 3.63) is 12.7 Å². The van der Waals surface area contributed by atoms with E-state index in [4.69, 9.17) is 14.2 Å². The third-order valence-corrected chi connectivity index (χ3v) is 3.77. The Bertz CT molecular complexity index is 482. The van der Waals surface area contributed by atoms with Crippen molar-refractivity contribution in [3.8, 4) is 0 Å². The molecule has 2 aliphatic rings. The first-order valence-corrected chi connectivity index (χ1v) is 6.62. The molecule has 4 atom stereocenters. The summed E-state index contributed by atoms with van der Waals surface area (Å²) in [5.41, 5.74) is -0.718. The molecule has 0 spiro atoms. The van der Waals surface area contributed by atoms with Crippen LogP contribution in [0.15, 0.2) is 12.7 Å². The average molecular weight is 298 g/mol. The second kappa shape index (κ2) is 5.48. The summed E-state index contributed by atoms with van der Waals surface area (Å²) in [4.78, 5) is 34.4. The number of rotatable bonds is 4. The topological polar surface area (TPSA) is 88.1 Å². The van der Waals surface area contributed by atoms with Crippen LogP contribution in [0.1, 0.15) is 20.8 Å². The first-order chi connectivity index (χ1) is 9.77. The molecule has 2 rings (SSSR count). The first kappa shape index (κ1) is 15.5. The fourth-order valence-corrected chi connectivity index (χ4v) is 2.63. The molecule has 0 bridgehead atoms. The highest BCUT2D eigenvalue weighted by Gasteiger charge is 2.62. The van der Waals surface area contributed by atoms with Crippen LogP contribution in [0.4, 0.5) is 0 Å². The molecular weight excluding hydrogens is 280 g/mol. The molecule has 0 N–H and O–H groups in total. The number of carbonyl (C=O) groups excluding carboxylic acids is 3. The quantitative estimate of drug-likeness (QED) is 0.426. The van der Waals surface area contributed by atoms with Gasteiger partial charge in [0.25, 0.3) is 0 Å². The largest absolute Gasteiger partial charge is 0.460 e. The Morgan fingerprint density at radius 1 is 1.43 bits per heavy atom. The van der Waals surface area contributed by atoms with E-state index < -0.39 is 42.3 Å². The zero-order chi connectivity index (χ0) is 15.8. The third-order valence-electron chi connectivity index (χ3n) is 3.77. The summed E-state index contributed by atoms with van der Waals surface area (Å²) in [7, 11) is 0. The Morgan fingerprint density at radius 2 is 2.10 bits per heavy atom. The number of esters is 3. The van der Waals surface area contributed by atoms with Gasteiger partial charge in [0.1, 0.15) is 12.2 Å². The highest BCUT2D eigenvalue weighted by Crippen LogP contribution is 2.49. The van der Waals surface area contributed by atoms with Crippen molar-refractivity contribution >= 4 is 17.9 Å². The number of cyclic esters (lactones) is 1. The average Bonchev–Trinajstić information content (AvgIpc) is 2.83. The molecule has 21 heavy (non-hydrogen) atoms. The van der Waals surface area contributed by atoms with E-state index >= 15 is 0 Å². The molecule has 0 aromatic carbocycles. The lowest BCUT2D eigenvalue weighted by atomic mass is 9.78. The van der Waals surface area contributed by atoms with Gasteiger partial charge in [0.05, 0.1) is 5.92 Å². The molecule has 2 saturated heterocycles. The molecule has 116 valence electrons. The van der Waals surface area contributed by atoms with E-state index in [0.29, 0.717) is 0 Å². The monoisotopic (exact) mass is 298 g/mol. The molecule has 2 fully saturated rings. The molecule has 0 aromatic rings. The summed E-state index contributed by atoms with van der Waals surface area (Å²) in [6.07, 6.45) is -0.770. The van der Waals surface area contributed by atoms with Crippen LogP contribution in [-0.2, 0) is 33.3 Å². The van der Waals surface area contributed by atoms with Gasteiger partial charge < -0.3 is 18.9 Å². The van der Waals surface area contributed by atoms with E-state index in [9.17, 15) is 14.4 Å². The molecule has 2 heterocycles. The zero-order valence-electron chi connectivity index (χ0n) is 12.2. The Kier molecular flexibility index (Phi) is 4.04. The van der Waals surface area contributed by atoms with Crippen molar-refractivity contribution in [1.82, 2.24) is 0 Å². The van der Waals surface area contributed by atoms with Crippen molar-refractivity contribution in [2.45, 2.75) is 39.3 Å². The van der Waals surface area contributed by atoms with E-state index in [1.165, 1.54) is 0 Å². The van der Waals surface area contributed by atoms with Gasteiger partial charge in [-0.15, -0.1) is 0 Å². The van der Waals surface area contributed by atoms with E-state index in [0.717, 1.165) is 6.08 Å². The Labute approximate surface area is 122 Å². The van der Waals surface area contributed by atoms with Gasteiger partial charge >= 0.3 is 17.9 Å². The molecule has 7 nitrogen and oxygen atoms in total. The number of ether oxygens (including phenoxy) is 4. The second-order valence-corrected chi connectivity index (χ2v) is 5.68. The highest BCUT2D eigenvalue weighted by atomic mass is 16.7. The second-order valence-electron chi connectivity index (χ2n) is 5.68. The number of fused-ring (bicyclic) bond motifs is 1. The Morgan fingerprint density at radius 3 is 2.67 bits per heavy atom. The first-order valence-electron chi connectivity index (χ1n) is 6.62. The smallest absolute Gasteiger partial charge is 0.346 e. The molecule has 7 heteroatoms. The van der Waals surface area contributed by atoms with Crippen LogP contribution in [0.3, 0.4) is 0 Å². The van der Waals surface area contributed by atoms with Crippen molar-refractivity contribution in [3.63, 3.8) is 0 Å². The minimum absolute atomic E-state index is 0.353. The lowest BCUT2D eigenvalue weighted by Gasteiger charge is -2.27. The minimum Gasteiger partial charge on any atom is -0.460 e. The highest BCUT2D eigenvalue weighted by molar-refractivity contribution is 5.83. The van der Waals surface area contributed by atoms with E-state index in [-0.39, 0.29) is 12.1 Å². The SMILES string of the molecule is C=CC(=O)OCC(=O)OC1OC2C(C)OC(=O)C2C1(C)C. The van der Waals surface area contributed by atoms with Gasteiger partial charge in [0.15, 0.2) is 6.61 Å². The normalized spacial score (nSPS) is 33.0. The predicted molar refractivity (Wildman–Crippen MR) is 68.7 cm³/mol. The van der Waals surface area contributed by atoms with Crippen LogP contribution in [0.25, 0.3) is 0 Å². The van der Waals surface area contributed by atoms with Crippen LogP contribution in [0.5, 0.6) is 0 Å². The van der Waals surface area contributed by atoms with Gasteiger partial charge in [-0.1, -0.05) is 20.4 Å². The van der Waals surface area contributed by atoms with Crippen LogP contribution in [0.2, 0.25) is 0 Å². The summed E-state index contributed by atoms with van der Waals surface area (Å²) < 4.78 is 20.5. The molecule has 0 aromatic heterocycles. The fourth-order valence-electron chi connectivity index (χ4n) is 2.63. The van der Waals surface area contributed by atoms with Gasteiger partial charge in [-0.05, 0) is 6.92 Å². The van der Waals surface area contributed by atoms with Crippen molar-refractivity contribution in [2.24, 2.45) is 11.3 Å². The Hall–Kier alpha value is -1.89. The van der Waals surface area contributed by atoms with Gasteiger partial charge in [0, 0.05) is 11.5 Å². The third kappa shape index (κ3) is 2.78. The van der Waals surface area contributed by atoms with Crippen LogP contribution in [0, 0.1) is 11.3 Å². The lowest BCUT2D eigenvalue weighted by Crippen LogP contribution is -2.37. The summed E-state index contributed by atoms with van der Waals surface area (Å²) in [5.74, 6) is -2.30. The predicted octanol–water partition coefficient (Wildman–Crippen LogP) is 0.571. The summed E-state index contributed by atoms with van der Waals surface area (Å²) in [6, 6.07) is 0. The number of carbonyl (C=O) groups is 3. The molecule has 0 saturated carbocycles. The van der Waals surface area contributed by atoms with Gasteiger partial charge in [-0.25, -0.2) is 9.59 Å². The van der Waals surface area contributed by atoms with Gasteiger partial charge in [-0.3, -0.25) is 4.79 Å². The minimum atomic E-state index is -0.891. The van der Waals surface area contributed by atoms with Crippen LogP contribution < -0.4 is 0 Å². The van der Waals surface area contributed by atoms with Crippen molar-refractivity contribution < 1.29 is 33.3 Å². The molecule has 0 radical (unpaired) electrons. The maximum Gasteiger partial charge on any atom is 0.346 e. The fraction of sp³-hybridized carbons (Fsp3) is 0.643. The van der Waals surface area contributed by atoms with Crippen molar-refractivity contribution in [2.75, 3.05) is 6.61 Å². The zero-order valence-corrected chi connectivity index (χ0v) is 12.2. The molecule has 4 unspecified atom stereocenters. The van der Waals surface area contributed by atoms with E-state index in [2.05, 4.69) is 11.3 Å². The molecule has 0 aliphatic carbocycles. The van der Waals surface area contributed by atoms with E-state index in [1.54, 1.807) is 20.8 Å². The standard InChI is InChI=1S/C14H18O7/c1-5-8(15)18-6-9(16)20-13-14(3,4)10-11(21-13)7(2)19-12(10)17/h5,7,10-11,13H,1,6H2,2-4H3. The summed E-state index contributed by atoms with van der Waals surface area (Å²) >= 11 is 0. The van der Waals surface area contributed by atoms with Gasteiger partial charge in [-0.2, -0.15) is 0 Å². The maximum atomic E-state index is 11.8. The van der Waals surface area contributed by atoms with Crippen molar-refractivity contribution in [1.29, 1.82) is 0 Å². The Balaban J connectivity index is 1.99. The maximum absolute atomic E-state index is 11.8. The van der Waals surface area contributed by atoms with Crippen LogP contribution in [-0.4, -0.2) is 43.0 Å². The molecule has 0 amide bonds. The number of hydrogen-bond donors (Lipinski definition) is 0.